The molecule has 1 aromatic rings. The van der Waals surface area contributed by atoms with E-state index < -0.39 is 0 Å². The summed E-state index contributed by atoms with van der Waals surface area (Å²) in [5, 5.41) is 3.41. The lowest BCUT2D eigenvalue weighted by atomic mass is 10.0. The highest BCUT2D eigenvalue weighted by molar-refractivity contribution is 5.56. The van der Waals surface area contributed by atoms with Crippen LogP contribution in [0.5, 0.6) is 0 Å². The first-order chi connectivity index (χ1) is 8.76. The molecule has 0 aromatic heterocycles. The maximum Gasteiger partial charge on any atom is 0.0417 e. The van der Waals surface area contributed by atoms with E-state index in [0.29, 0.717) is 6.04 Å². The molecule has 0 bridgehead atoms. The summed E-state index contributed by atoms with van der Waals surface area (Å²) < 4.78 is 0. The van der Waals surface area contributed by atoms with Crippen molar-refractivity contribution in [3.63, 3.8) is 0 Å². The van der Waals surface area contributed by atoms with Gasteiger partial charge in [0.15, 0.2) is 0 Å². The van der Waals surface area contributed by atoms with Crippen LogP contribution in [0, 0.1) is 0 Å². The monoisotopic (exact) mass is 244 g/mol. The number of nitrogens with one attached hydrogen (secondary N) is 1. The molecule has 0 saturated carbocycles. The van der Waals surface area contributed by atoms with Crippen LogP contribution < -0.4 is 10.2 Å². The van der Waals surface area contributed by atoms with Gasteiger partial charge in [0.1, 0.15) is 0 Å². The second-order valence-corrected chi connectivity index (χ2v) is 5.05. The molecule has 18 heavy (non-hydrogen) atoms. The molecule has 98 valence electrons. The van der Waals surface area contributed by atoms with Gasteiger partial charge in [-0.1, -0.05) is 36.8 Å². The highest BCUT2D eigenvalue weighted by Gasteiger charge is 2.17. The van der Waals surface area contributed by atoms with Crippen molar-refractivity contribution in [1.82, 2.24) is 5.32 Å². The average Bonchev–Trinajstić information content (AvgIpc) is 2.42. The predicted octanol–water partition coefficient (Wildman–Crippen LogP) is 3.51. The molecule has 0 amide bonds. The van der Waals surface area contributed by atoms with Crippen molar-refractivity contribution < 1.29 is 0 Å². The van der Waals surface area contributed by atoms with Crippen LogP contribution in [0.4, 0.5) is 5.69 Å². The molecule has 2 rings (SSSR count). The number of benzene rings is 1. The molecule has 0 saturated heterocycles. The topological polar surface area (TPSA) is 15.3 Å². The van der Waals surface area contributed by atoms with Gasteiger partial charge in [-0.25, -0.2) is 0 Å². The van der Waals surface area contributed by atoms with Gasteiger partial charge in [0.05, 0.1) is 0 Å². The van der Waals surface area contributed by atoms with E-state index in [-0.39, 0.29) is 0 Å². The van der Waals surface area contributed by atoms with Gasteiger partial charge in [0, 0.05) is 24.8 Å². The number of hydrogen-bond donors (Lipinski definition) is 1. The Kier molecular flexibility index (Phi) is 4.43. The van der Waals surface area contributed by atoms with Crippen molar-refractivity contribution in [2.24, 2.45) is 0 Å². The number of rotatable bonds is 4. The van der Waals surface area contributed by atoms with Crippen LogP contribution in [0.3, 0.4) is 0 Å². The molecular weight excluding hydrogens is 220 g/mol. The first-order valence-electron chi connectivity index (χ1n) is 6.93. The molecule has 1 aliphatic rings. The highest BCUT2D eigenvalue weighted by Crippen LogP contribution is 2.29. The summed E-state index contributed by atoms with van der Waals surface area (Å²) in [4.78, 5) is 2.49. The number of nitrogens with zero attached hydrogens (tertiary/aromatic N) is 1. The van der Waals surface area contributed by atoms with E-state index in [4.69, 9.17) is 0 Å². The zero-order chi connectivity index (χ0) is 13.0. The van der Waals surface area contributed by atoms with Gasteiger partial charge in [-0.15, -0.1) is 0 Å². The third kappa shape index (κ3) is 2.75. The minimum atomic E-state index is 0.452. The zero-order valence-corrected chi connectivity index (χ0v) is 11.7. The molecule has 2 nitrogen and oxygen atoms in total. The second kappa shape index (κ2) is 6.05. The van der Waals surface area contributed by atoms with E-state index in [1.807, 2.05) is 7.05 Å². The second-order valence-electron chi connectivity index (χ2n) is 5.05. The van der Waals surface area contributed by atoms with Crippen molar-refractivity contribution in [1.29, 1.82) is 0 Å². The standard InChI is InChI=1S/C16H24N2/c1-4-15(17-3)14-7-5-6-8-16(14)18-11-9-13(2)10-12-18/h5-9,15,17H,4,10-12H2,1-3H3. The third-order valence-electron chi connectivity index (χ3n) is 3.85. The fourth-order valence-electron chi connectivity index (χ4n) is 2.64. The normalized spacial score (nSPS) is 17.5. The summed E-state index contributed by atoms with van der Waals surface area (Å²) in [5.41, 5.74) is 4.34. The molecule has 1 unspecified atom stereocenters. The van der Waals surface area contributed by atoms with Crippen molar-refractivity contribution in [2.75, 3.05) is 25.0 Å². The van der Waals surface area contributed by atoms with Crippen LogP contribution in [-0.4, -0.2) is 20.1 Å². The minimum absolute atomic E-state index is 0.452. The molecule has 0 fully saturated rings. The lowest BCUT2D eigenvalue weighted by molar-refractivity contribution is 0.574. The van der Waals surface area contributed by atoms with Crippen LogP contribution >= 0.6 is 0 Å². The maximum atomic E-state index is 3.41. The average molecular weight is 244 g/mol. The first kappa shape index (κ1) is 13.2. The van der Waals surface area contributed by atoms with E-state index in [1.54, 1.807) is 0 Å². The van der Waals surface area contributed by atoms with Gasteiger partial charge in [-0.3, -0.25) is 0 Å². The molecule has 1 heterocycles. The van der Waals surface area contributed by atoms with Crippen LogP contribution in [0.25, 0.3) is 0 Å². The van der Waals surface area contributed by atoms with Gasteiger partial charge in [0.2, 0.25) is 0 Å². The smallest absolute Gasteiger partial charge is 0.0417 e. The first-order valence-corrected chi connectivity index (χ1v) is 6.93. The highest BCUT2D eigenvalue weighted by atomic mass is 15.1. The van der Waals surface area contributed by atoms with Crippen LogP contribution in [0.2, 0.25) is 0 Å². The summed E-state index contributed by atoms with van der Waals surface area (Å²) in [7, 11) is 2.05. The van der Waals surface area contributed by atoms with E-state index in [2.05, 4.69) is 54.4 Å². The Hall–Kier alpha value is -1.28. The molecule has 0 radical (unpaired) electrons. The van der Waals surface area contributed by atoms with E-state index in [1.165, 1.54) is 23.2 Å². The number of hydrogen-bond acceptors (Lipinski definition) is 2. The molecule has 1 aliphatic heterocycles. The predicted molar refractivity (Wildman–Crippen MR) is 79.1 cm³/mol. The maximum absolute atomic E-state index is 3.41. The largest absolute Gasteiger partial charge is 0.367 e. The minimum Gasteiger partial charge on any atom is -0.367 e. The molecule has 0 spiro atoms. The fraction of sp³-hybridized carbons (Fsp3) is 0.500. The lowest BCUT2D eigenvalue weighted by Gasteiger charge is -2.31. The summed E-state index contributed by atoms with van der Waals surface area (Å²) >= 11 is 0. The Morgan fingerprint density at radius 1 is 1.33 bits per heavy atom. The number of anilines is 1. The Bertz CT molecular complexity index is 419. The van der Waals surface area contributed by atoms with Crippen molar-refractivity contribution in [3.05, 3.63) is 41.5 Å². The quantitative estimate of drug-likeness (QED) is 0.815. The fourth-order valence-corrected chi connectivity index (χ4v) is 2.64. The Balaban J connectivity index is 2.27. The van der Waals surface area contributed by atoms with Gasteiger partial charge < -0.3 is 10.2 Å². The molecule has 0 aliphatic carbocycles. The third-order valence-corrected chi connectivity index (χ3v) is 3.85. The summed E-state index contributed by atoms with van der Waals surface area (Å²) in [6.07, 6.45) is 4.65. The Morgan fingerprint density at radius 3 is 2.72 bits per heavy atom. The summed E-state index contributed by atoms with van der Waals surface area (Å²) in [6.45, 7) is 6.65. The zero-order valence-electron chi connectivity index (χ0n) is 11.7. The van der Waals surface area contributed by atoms with Crippen molar-refractivity contribution >= 4 is 5.69 Å². The molecule has 1 N–H and O–H groups in total. The molecule has 2 heteroatoms. The molecule has 1 aromatic carbocycles. The van der Waals surface area contributed by atoms with E-state index >= 15 is 0 Å². The number of para-hydroxylation sites is 1. The summed E-state index contributed by atoms with van der Waals surface area (Å²) in [5.74, 6) is 0. The van der Waals surface area contributed by atoms with Gasteiger partial charge in [-0.2, -0.15) is 0 Å². The van der Waals surface area contributed by atoms with Crippen molar-refractivity contribution in [3.8, 4) is 0 Å². The SMILES string of the molecule is CCC(NC)c1ccccc1N1CC=C(C)CC1. The Labute approximate surface area is 111 Å². The summed E-state index contributed by atoms with van der Waals surface area (Å²) in [6, 6.07) is 9.25. The van der Waals surface area contributed by atoms with E-state index in [9.17, 15) is 0 Å². The van der Waals surface area contributed by atoms with Crippen LogP contribution in [0.1, 0.15) is 38.3 Å². The molecule has 1 atom stereocenters. The van der Waals surface area contributed by atoms with E-state index in [0.717, 1.165) is 19.5 Å². The van der Waals surface area contributed by atoms with Crippen molar-refractivity contribution in [2.45, 2.75) is 32.7 Å². The Morgan fingerprint density at radius 2 is 2.11 bits per heavy atom. The lowest BCUT2D eigenvalue weighted by Crippen LogP contribution is -2.30. The van der Waals surface area contributed by atoms with Crippen LogP contribution in [-0.2, 0) is 0 Å². The van der Waals surface area contributed by atoms with Gasteiger partial charge in [-0.05, 0) is 38.4 Å². The van der Waals surface area contributed by atoms with Gasteiger partial charge >= 0.3 is 0 Å². The van der Waals surface area contributed by atoms with Gasteiger partial charge in [0.25, 0.3) is 0 Å². The van der Waals surface area contributed by atoms with Crippen LogP contribution in [0.15, 0.2) is 35.9 Å². The molecular formula is C16H24N2.